The number of nitrogens with one attached hydrogen (secondary N) is 2. The smallest absolute Gasteiger partial charge is 0.257 e. The van der Waals surface area contributed by atoms with Crippen LogP contribution < -0.4 is 15.4 Å². The zero-order valence-corrected chi connectivity index (χ0v) is 16.1. The molecule has 0 spiro atoms. The first-order valence-electron chi connectivity index (χ1n) is 9.01. The van der Waals surface area contributed by atoms with Gasteiger partial charge in [0.25, 0.3) is 5.88 Å². The van der Waals surface area contributed by atoms with Gasteiger partial charge in [-0.1, -0.05) is 11.6 Å². The van der Waals surface area contributed by atoms with E-state index in [2.05, 4.69) is 20.6 Å². The van der Waals surface area contributed by atoms with Crippen molar-refractivity contribution in [3.05, 3.63) is 16.9 Å². The molecule has 0 aromatic carbocycles. The predicted molar refractivity (Wildman–Crippen MR) is 101 cm³/mol. The Kier molecular flexibility index (Phi) is 5.33. The minimum absolute atomic E-state index is 0.182. The number of ether oxygens (including phenoxy) is 3. The first-order valence-corrected chi connectivity index (χ1v) is 9.39. The molecule has 0 saturated carbocycles. The molecule has 2 aliphatic heterocycles. The van der Waals surface area contributed by atoms with Crippen molar-refractivity contribution >= 4 is 29.1 Å². The lowest BCUT2D eigenvalue weighted by Crippen LogP contribution is -2.29. The van der Waals surface area contributed by atoms with Gasteiger partial charge in [-0.3, -0.25) is 4.68 Å². The molecule has 1 unspecified atom stereocenters. The molecular weight excluding hydrogens is 372 g/mol. The number of anilines is 3. The average Bonchev–Trinajstić information content (AvgIpc) is 2.99. The van der Waals surface area contributed by atoms with E-state index >= 15 is 0 Å². The molecule has 2 aromatic rings. The van der Waals surface area contributed by atoms with Crippen LogP contribution in [0.25, 0.3) is 0 Å². The van der Waals surface area contributed by atoms with Gasteiger partial charge in [0.1, 0.15) is 23.4 Å². The Balaban J connectivity index is 1.72. The normalized spacial score (nSPS) is 20.6. The topological polar surface area (TPSA) is 95.4 Å². The largest absolute Gasteiger partial charge is 0.472 e. The fourth-order valence-corrected chi connectivity index (χ4v) is 3.44. The fraction of sp³-hybridized carbons (Fsp3) is 0.588. The van der Waals surface area contributed by atoms with Crippen molar-refractivity contribution in [2.24, 2.45) is 0 Å². The monoisotopic (exact) mass is 394 g/mol. The quantitative estimate of drug-likeness (QED) is 0.802. The minimum Gasteiger partial charge on any atom is -0.472 e. The lowest BCUT2D eigenvalue weighted by Gasteiger charge is -2.23. The third kappa shape index (κ3) is 3.80. The van der Waals surface area contributed by atoms with Crippen molar-refractivity contribution in [2.75, 3.05) is 44.1 Å². The molecular formula is C17H23ClN6O3. The van der Waals surface area contributed by atoms with E-state index in [1.807, 2.05) is 11.6 Å². The highest BCUT2D eigenvalue weighted by Crippen LogP contribution is 2.35. The lowest BCUT2D eigenvalue weighted by molar-refractivity contribution is 0.0604. The minimum atomic E-state index is -0.182. The zero-order chi connectivity index (χ0) is 18.8. The molecule has 0 radical (unpaired) electrons. The van der Waals surface area contributed by atoms with Crippen LogP contribution in [0.2, 0.25) is 5.02 Å². The summed E-state index contributed by atoms with van der Waals surface area (Å²) in [6.45, 7) is 4.35. The van der Waals surface area contributed by atoms with Crippen LogP contribution in [0.4, 0.5) is 17.5 Å². The number of methoxy groups -OCH3 is 1. The summed E-state index contributed by atoms with van der Waals surface area (Å²) in [6.07, 6.45) is 3.23. The molecule has 2 aromatic heterocycles. The van der Waals surface area contributed by atoms with Crippen LogP contribution in [-0.4, -0.2) is 59.3 Å². The highest BCUT2D eigenvalue weighted by atomic mass is 35.5. The van der Waals surface area contributed by atoms with Crippen LogP contribution >= 0.6 is 11.6 Å². The zero-order valence-electron chi connectivity index (χ0n) is 15.4. The molecule has 2 N–H and O–H groups in total. The molecule has 2 bridgehead atoms. The number of fused-ring (bicyclic) bond motifs is 3. The second-order valence-corrected chi connectivity index (χ2v) is 7.03. The van der Waals surface area contributed by atoms with Gasteiger partial charge >= 0.3 is 0 Å². The number of hydrogen-bond donors (Lipinski definition) is 2. The summed E-state index contributed by atoms with van der Waals surface area (Å²) in [4.78, 5) is 8.75. The molecule has 10 heteroatoms. The maximum absolute atomic E-state index is 6.20. The van der Waals surface area contributed by atoms with Gasteiger partial charge in [-0.05, 0) is 19.8 Å². The number of halogens is 1. The van der Waals surface area contributed by atoms with Crippen molar-refractivity contribution in [2.45, 2.75) is 31.9 Å². The first-order chi connectivity index (χ1) is 13.2. The second-order valence-electron chi connectivity index (χ2n) is 6.62. The molecule has 146 valence electrons. The molecule has 4 heterocycles. The van der Waals surface area contributed by atoms with E-state index in [1.165, 1.54) is 0 Å². The fourth-order valence-electron chi connectivity index (χ4n) is 3.28. The van der Waals surface area contributed by atoms with Crippen molar-refractivity contribution in [1.29, 1.82) is 0 Å². The van der Waals surface area contributed by atoms with Gasteiger partial charge in [0.15, 0.2) is 5.82 Å². The number of nitrogens with zero attached hydrogens (tertiary/aromatic N) is 4. The molecule has 0 aliphatic carbocycles. The molecule has 2 aliphatic rings. The van der Waals surface area contributed by atoms with E-state index in [9.17, 15) is 0 Å². The molecule has 1 atom stereocenters. The summed E-state index contributed by atoms with van der Waals surface area (Å²) in [6, 6.07) is 0.283. The molecule has 1 fully saturated rings. The summed E-state index contributed by atoms with van der Waals surface area (Å²) < 4.78 is 19.0. The molecule has 27 heavy (non-hydrogen) atoms. The van der Waals surface area contributed by atoms with Crippen LogP contribution in [0.1, 0.15) is 24.6 Å². The van der Waals surface area contributed by atoms with E-state index < -0.39 is 0 Å². The van der Waals surface area contributed by atoms with Crippen LogP contribution in [0.3, 0.4) is 0 Å². The summed E-state index contributed by atoms with van der Waals surface area (Å²) in [5.41, 5.74) is 1.73. The standard InChI is InChI=1S/C17H23ClN6O3/c1-10-14-16(23-24(10)11-3-5-26-6-4-11)27-9-12(25-2)7-19-15-13(18)8-20-17(21-14)22-15/h8,11-12H,3-7,9H2,1-2H3,(H2,19,20,21,22). The van der Waals surface area contributed by atoms with Gasteiger partial charge in [0.05, 0.1) is 17.9 Å². The predicted octanol–water partition coefficient (Wildman–Crippen LogP) is 2.55. The third-order valence-corrected chi connectivity index (χ3v) is 5.15. The first kappa shape index (κ1) is 18.3. The van der Waals surface area contributed by atoms with E-state index in [0.29, 0.717) is 35.8 Å². The maximum Gasteiger partial charge on any atom is 0.257 e. The highest BCUT2D eigenvalue weighted by molar-refractivity contribution is 6.32. The summed E-state index contributed by atoms with van der Waals surface area (Å²) in [5.74, 6) is 1.49. The van der Waals surface area contributed by atoms with Crippen molar-refractivity contribution in [1.82, 2.24) is 19.7 Å². The Hall–Kier alpha value is -2.10. The Morgan fingerprint density at radius 3 is 2.93 bits per heavy atom. The van der Waals surface area contributed by atoms with E-state index in [-0.39, 0.29) is 12.1 Å². The van der Waals surface area contributed by atoms with Crippen LogP contribution in [0, 0.1) is 6.92 Å². The molecule has 0 amide bonds. The van der Waals surface area contributed by atoms with Crippen molar-refractivity contribution in [3.8, 4) is 5.88 Å². The van der Waals surface area contributed by atoms with Crippen molar-refractivity contribution < 1.29 is 14.2 Å². The van der Waals surface area contributed by atoms with Gasteiger partial charge in [-0.25, -0.2) is 4.98 Å². The van der Waals surface area contributed by atoms with Crippen LogP contribution in [-0.2, 0) is 9.47 Å². The Bertz CT molecular complexity index is 808. The van der Waals surface area contributed by atoms with Gasteiger partial charge in [-0.15, -0.1) is 5.10 Å². The second kappa shape index (κ2) is 7.87. The Labute approximate surface area is 162 Å². The van der Waals surface area contributed by atoms with Gasteiger partial charge in [0.2, 0.25) is 5.95 Å². The van der Waals surface area contributed by atoms with Crippen LogP contribution in [0.5, 0.6) is 5.88 Å². The SMILES string of the molecule is COC1CNc2nc(ncc2Cl)Nc2c(nn(C3CCOCC3)c2C)OC1. The molecule has 1 saturated heterocycles. The number of rotatable bonds is 2. The third-order valence-electron chi connectivity index (χ3n) is 4.87. The summed E-state index contributed by atoms with van der Waals surface area (Å²) in [5, 5.41) is 11.6. The van der Waals surface area contributed by atoms with E-state index in [1.54, 1.807) is 13.3 Å². The molecule has 9 nitrogen and oxygen atoms in total. The Morgan fingerprint density at radius 1 is 1.33 bits per heavy atom. The lowest BCUT2D eigenvalue weighted by atomic mass is 10.1. The van der Waals surface area contributed by atoms with E-state index in [4.69, 9.17) is 30.9 Å². The maximum atomic E-state index is 6.20. The van der Waals surface area contributed by atoms with Crippen LogP contribution in [0.15, 0.2) is 6.20 Å². The average molecular weight is 395 g/mol. The van der Waals surface area contributed by atoms with E-state index in [0.717, 1.165) is 37.4 Å². The highest BCUT2D eigenvalue weighted by Gasteiger charge is 2.25. The number of hydrogen-bond acceptors (Lipinski definition) is 8. The van der Waals surface area contributed by atoms with Gasteiger partial charge in [-0.2, -0.15) is 4.98 Å². The summed E-state index contributed by atoms with van der Waals surface area (Å²) >= 11 is 6.20. The van der Waals surface area contributed by atoms with Crippen molar-refractivity contribution in [3.63, 3.8) is 0 Å². The number of aromatic nitrogens is 4. The summed E-state index contributed by atoms with van der Waals surface area (Å²) in [7, 11) is 1.65. The molecule has 4 rings (SSSR count). The van der Waals surface area contributed by atoms with Gasteiger partial charge < -0.3 is 24.8 Å². The van der Waals surface area contributed by atoms with Gasteiger partial charge in [0, 0.05) is 26.9 Å². The Morgan fingerprint density at radius 2 is 2.15 bits per heavy atom.